The van der Waals surface area contributed by atoms with Gasteiger partial charge in [0, 0.05) is 6.20 Å². The number of thiophene rings is 1. The van der Waals surface area contributed by atoms with Crippen LogP contribution >= 0.6 is 23.1 Å². The number of carbonyl (C=O) groups is 1. The average Bonchev–Trinajstić information content (AvgIpc) is 2.98. The van der Waals surface area contributed by atoms with E-state index in [1.165, 1.54) is 11.8 Å². The van der Waals surface area contributed by atoms with E-state index >= 15 is 0 Å². The highest BCUT2D eigenvalue weighted by atomic mass is 32.2. The van der Waals surface area contributed by atoms with Gasteiger partial charge in [-0.3, -0.25) is 4.98 Å². The molecule has 0 amide bonds. The largest absolute Gasteiger partial charge is 0.477 e. The third-order valence-electron chi connectivity index (χ3n) is 2.42. The van der Waals surface area contributed by atoms with Crippen LogP contribution in [0.25, 0.3) is 11.0 Å². The third kappa shape index (κ3) is 1.89. The Hall–Kier alpha value is -1.79. The first kappa shape index (κ1) is 11.3. The molecule has 0 aliphatic rings. The summed E-state index contributed by atoms with van der Waals surface area (Å²) in [7, 11) is 0. The van der Waals surface area contributed by atoms with Crippen molar-refractivity contribution in [1.82, 2.24) is 9.97 Å². The Kier molecular flexibility index (Phi) is 2.81. The standard InChI is InChI=1S/C12H8N2O2S2/c15-12(16)10-11(18-8-4-2-6-17-8)9-7(14-10)3-1-5-13-9/h1-6,14H,(H,15,16). The van der Waals surface area contributed by atoms with Crippen molar-refractivity contribution >= 4 is 40.1 Å². The second-order valence-corrected chi connectivity index (χ2v) is 5.83. The Morgan fingerprint density at radius 3 is 3.00 bits per heavy atom. The minimum atomic E-state index is -0.966. The first-order chi connectivity index (χ1) is 8.75. The average molecular weight is 276 g/mol. The van der Waals surface area contributed by atoms with Crippen LogP contribution in [0, 0.1) is 0 Å². The molecule has 4 nitrogen and oxygen atoms in total. The number of hydrogen-bond acceptors (Lipinski definition) is 4. The molecule has 3 aromatic rings. The van der Waals surface area contributed by atoms with Gasteiger partial charge in [0.05, 0.1) is 14.6 Å². The summed E-state index contributed by atoms with van der Waals surface area (Å²) in [5.41, 5.74) is 1.64. The fraction of sp³-hybridized carbons (Fsp3) is 0. The van der Waals surface area contributed by atoms with E-state index in [0.717, 1.165) is 9.73 Å². The molecule has 6 heteroatoms. The minimum Gasteiger partial charge on any atom is -0.477 e. The first-order valence-corrected chi connectivity index (χ1v) is 6.86. The van der Waals surface area contributed by atoms with Gasteiger partial charge in [-0.25, -0.2) is 4.79 Å². The van der Waals surface area contributed by atoms with Gasteiger partial charge >= 0.3 is 5.97 Å². The number of aromatic amines is 1. The molecule has 0 bridgehead atoms. The van der Waals surface area contributed by atoms with Crippen LogP contribution in [0.1, 0.15) is 10.5 Å². The number of fused-ring (bicyclic) bond motifs is 1. The van der Waals surface area contributed by atoms with Crippen molar-refractivity contribution in [2.24, 2.45) is 0 Å². The van der Waals surface area contributed by atoms with E-state index in [0.29, 0.717) is 10.4 Å². The Morgan fingerprint density at radius 2 is 2.28 bits per heavy atom. The van der Waals surface area contributed by atoms with Crippen molar-refractivity contribution in [3.63, 3.8) is 0 Å². The molecule has 3 heterocycles. The third-order valence-corrected chi connectivity index (χ3v) is 4.56. The van der Waals surface area contributed by atoms with Crippen LogP contribution in [-0.4, -0.2) is 21.0 Å². The molecular formula is C12H8N2O2S2. The molecule has 0 atom stereocenters. The van der Waals surface area contributed by atoms with E-state index in [1.54, 1.807) is 23.6 Å². The van der Waals surface area contributed by atoms with Crippen LogP contribution in [0.15, 0.2) is 44.9 Å². The number of carboxylic acids is 1. The van der Waals surface area contributed by atoms with E-state index in [9.17, 15) is 9.90 Å². The number of pyridine rings is 1. The van der Waals surface area contributed by atoms with E-state index in [4.69, 9.17) is 0 Å². The predicted molar refractivity (Wildman–Crippen MR) is 71.5 cm³/mol. The Labute approximate surface area is 111 Å². The molecule has 0 saturated carbocycles. The minimum absolute atomic E-state index is 0.196. The quantitative estimate of drug-likeness (QED) is 0.768. The molecule has 0 aliphatic heterocycles. The zero-order chi connectivity index (χ0) is 12.5. The molecular weight excluding hydrogens is 268 g/mol. The van der Waals surface area contributed by atoms with E-state index in [2.05, 4.69) is 9.97 Å². The van der Waals surface area contributed by atoms with Gasteiger partial charge in [-0.05, 0) is 23.6 Å². The number of nitrogens with one attached hydrogen (secondary N) is 1. The fourth-order valence-electron chi connectivity index (χ4n) is 1.67. The Bertz CT molecular complexity index is 704. The van der Waals surface area contributed by atoms with Gasteiger partial charge < -0.3 is 10.1 Å². The van der Waals surface area contributed by atoms with Crippen molar-refractivity contribution in [3.8, 4) is 0 Å². The number of aromatic carboxylic acids is 1. The van der Waals surface area contributed by atoms with Crippen LogP contribution in [0.3, 0.4) is 0 Å². The lowest BCUT2D eigenvalue weighted by molar-refractivity contribution is 0.0688. The summed E-state index contributed by atoms with van der Waals surface area (Å²) in [6.07, 6.45) is 1.67. The molecule has 0 saturated heterocycles. The highest BCUT2D eigenvalue weighted by molar-refractivity contribution is 8.01. The van der Waals surface area contributed by atoms with Gasteiger partial charge in [-0.1, -0.05) is 17.8 Å². The van der Waals surface area contributed by atoms with Crippen molar-refractivity contribution in [2.75, 3.05) is 0 Å². The van der Waals surface area contributed by atoms with Crippen molar-refractivity contribution in [2.45, 2.75) is 9.10 Å². The first-order valence-electron chi connectivity index (χ1n) is 5.17. The number of hydrogen-bond donors (Lipinski definition) is 2. The lowest BCUT2D eigenvalue weighted by Gasteiger charge is -1.97. The van der Waals surface area contributed by atoms with Gasteiger partial charge in [0.25, 0.3) is 0 Å². The SMILES string of the molecule is O=C(O)c1[nH]c2cccnc2c1Sc1cccs1. The smallest absolute Gasteiger partial charge is 0.353 e. The molecule has 0 fully saturated rings. The fourth-order valence-corrected chi connectivity index (χ4v) is 3.57. The second-order valence-electron chi connectivity index (χ2n) is 3.57. The maximum absolute atomic E-state index is 11.3. The molecule has 3 rings (SSSR count). The summed E-state index contributed by atoms with van der Waals surface area (Å²) in [6, 6.07) is 7.51. The predicted octanol–water partition coefficient (Wildman–Crippen LogP) is 3.47. The zero-order valence-corrected chi connectivity index (χ0v) is 10.7. The van der Waals surface area contributed by atoms with Crippen LogP contribution in [0.4, 0.5) is 0 Å². The van der Waals surface area contributed by atoms with Crippen LogP contribution in [0.5, 0.6) is 0 Å². The zero-order valence-electron chi connectivity index (χ0n) is 9.08. The normalized spacial score (nSPS) is 10.9. The van der Waals surface area contributed by atoms with E-state index < -0.39 is 5.97 Å². The van der Waals surface area contributed by atoms with Crippen LogP contribution in [-0.2, 0) is 0 Å². The lowest BCUT2D eigenvalue weighted by atomic mass is 10.4. The molecule has 90 valence electrons. The molecule has 0 radical (unpaired) electrons. The Balaban J connectivity index is 2.18. The van der Waals surface area contributed by atoms with E-state index in [-0.39, 0.29) is 5.69 Å². The summed E-state index contributed by atoms with van der Waals surface area (Å²) in [5.74, 6) is -0.966. The molecule has 0 spiro atoms. The highest BCUT2D eigenvalue weighted by Crippen LogP contribution is 2.37. The Morgan fingerprint density at radius 1 is 1.39 bits per heavy atom. The van der Waals surface area contributed by atoms with Gasteiger partial charge in [-0.2, -0.15) is 0 Å². The lowest BCUT2D eigenvalue weighted by Crippen LogP contribution is -1.97. The summed E-state index contributed by atoms with van der Waals surface area (Å²) in [5, 5.41) is 11.2. The summed E-state index contributed by atoms with van der Waals surface area (Å²) in [4.78, 5) is 19.1. The second kappa shape index (κ2) is 4.47. The summed E-state index contributed by atoms with van der Waals surface area (Å²) < 4.78 is 1.05. The maximum Gasteiger partial charge on any atom is 0.353 e. The number of nitrogens with zero attached hydrogens (tertiary/aromatic N) is 1. The molecule has 0 aromatic carbocycles. The van der Waals surface area contributed by atoms with E-state index in [1.807, 2.05) is 23.6 Å². The number of H-pyrrole nitrogens is 1. The summed E-state index contributed by atoms with van der Waals surface area (Å²) >= 11 is 3.01. The molecule has 0 unspecified atom stereocenters. The van der Waals surface area contributed by atoms with Crippen molar-refractivity contribution in [3.05, 3.63) is 41.5 Å². The molecule has 2 N–H and O–H groups in total. The van der Waals surface area contributed by atoms with Gasteiger partial charge in [0.2, 0.25) is 0 Å². The highest BCUT2D eigenvalue weighted by Gasteiger charge is 2.19. The monoisotopic (exact) mass is 276 g/mol. The molecule has 0 aliphatic carbocycles. The van der Waals surface area contributed by atoms with Gasteiger partial charge in [-0.15, -0.1) is 11.3 Å². The van der Waals surface area contributed by atoms with Crippen LogP contribution in [0.2, 0.25) is 0 Å². The molecule has 3 aromatic heterocycles. The molecule has 18 heavy (non-hydrogen) atoms. The van der Waals surface area contributed by atoms with Crippen LogP contribution < -0.4 is 0 Å². The number of rotatable bonds is 3. The van der Waals surface area contributed by atoms with Crippen molar-refractivity contribution in [1.29, 1.82) is 0 Å². The summed E-state index contributed by atoms with van der Waals surface area (Å²) in [6.45, 7) is 0. The number of aromatic nitrogens is 2. The van der Waals surface area contributed by atoms with Crippen molar-refractivity contribution < 1.29 is 9.90 Å². The van der Waals surface area contributed by atoms with Gasteiger partial charge in [0.15, 0.2) is 0 Å². The maximum atomic E-state index is 11.3. The van der Waals surface area contributed by atoms with Gasteiger partial charge in [0.1, 0.15) is 11.2 Å². The topological polar surface area (TPSA) is 66.0 Å². The number of carboxylic acid groups (broad SMARTS) is 1.